The Bertz CT molecular complexity index is 1440. The minimum Gasteiger partial charge on any atom is -0.486 e. The standard InChI is InChI=1S/C18H15S.C8H15FO2.C7H12BrFO2.C7H12FO2.Na.O3S/c1-4-10-16(11-5-1)19(17-12-6-2-7-13-17)18-14-8-3-9-15-18;1-4-6-8(3,9)7(10)11-5-2;1-3-5-7(8,9)6(10)11-4-2;1-3-5-6(8)7(9)10-4-2;;1-4(2)3/h1-15H;4-6H2,1-3H3;3-5H2,1-2H3;3-5H2,1-2H3;;/q+1;;;-1;+1;. The van der Waals surface area contributed by atoms with Gasteiger partial charge in [0.25, 0.3) is 4.58 Å². The van der Waals surface area contributed by atoms with Crippen molar-refractivity contribution < 1.29 is 83.9 Å². The molecule has 0 N–H and O–H groups in total. The zero-order chi connectivity index (χ0) is 42.3. The second-order valence-electron chi connectivity index (χ2n) is 11.2. The summed E-state index contributed by atoms with van der Waals surface area (Å²) in [5, 5.41) is 0. The Balaban J connectivity index is -0.000000671. The molecule has 3 rings (SSSR count). The molecule has 2 atom stereocenters. The Morgan fingerprint density at radius 1 is 0.643 bits per heavy atom. The van der Waals surface area contributed by atoms with E-state index in [-0.39, 0.29) is 79.5 Å². The van der Waals surface area contributed by atoms with Gasteiger partial charge in [-0.15, -0.1) is 25.2 Å². The SMILES string of the molecule is CCCC(C)(F)C(=O)OCC.CCCC(F)(Br)C(=O)OCC.CCC[C-](F)C(=O)OCC.O=S(=O)=O.[Na+].c1ccc([S+](c2ccccc2)c2ccccc2)cc1. The first kappa shape index (κ1) is 57.5. The summed E-state index contributed by atoms with van der Waals surface area (Å²) in [6, 6.07) is 32.2. The molecule has 0 heterocycles. The van der Waals surface area contributed by atoms with Crippen molar-refractivity contribution in [3.8, 4) is 0 Å². The third-order valence-corrected chi connectivity index (χ3v) is 9.41. The summed E-state index contributed by atoms with van der Waals surface area (Å²) in [6.07, 6.45) is 1.75. The Hall–Kier alpha value is -2.82. The maximum Gasteiger partial charge on any atom is 1.00 e. The summed E-state index contributed by atoms with van der Waals surface area (Å²) >= 11 is 2.67. The van der Waals surface area contributed by atoms with Crippen LogP contribution in [0.2, 0.25) is 0 Å². The topological polar surface area (TPSA) is 130 Å². The maximum absolute atomic E-state index is 13.2. The molecular weight excluding hydrogens is 848 g/mol. The number of benzene rings is 3. The van der Waals surface area contributed by atoms with Crippen LogP contribution in [0.3, 0.4) is 0 Å². The molecule has 0 radical (unpaired) electrons. The number of ether oxygens (including phenoxy) is 3. The number of esters is 3. The van der Waals surface area contributed by atoms with Crippen molar-refractivity contribution in [1.82, 2.24) is 0 Å². The first-order valence-corrected chi connectivity index (χ1v) is 20.8. The molecule has 16 heteroatoms. The van der Waals surface area contributed by atoms with Crippen LogP contribution >= 0.6 is 15.9 Å². The molecular formula is C40H54BrF3NaO9S2+. The fraction of sp³-hybridized carbons (Fsp3) is 0.450. The molecule has 0 bridgehead atoms. The monoisotopic (exact) mass is 901 g/mol. The van der Waals surface area contributed by atoms with Gasteiger partial charge in [-0.25, -0.2) is 18.4 Å². The van der Waals surface area contributed by atoms with Crippen molar-refractivity contribution in [3.05, 3.63) is 97.2 Å². The number of halogens is 4. The van der Waals surface area contributed by atoms with Crippen LogP contribution in [0.4, 0.5) is 13.2 Å². The smallest absolute Gasteiger partial charge is 0.486 e. The number of hydrogen-bond donors (Lipinski definition) is 0. The summed E-state index contributed by atoms with van der Waals surface area (Å²) in [6.45, 7) is 12.3. The van der Waals surface area contributed by atoms with Crippen LogP contribution in [0, 0.1) is 6.17 Å². The third-order valence-electron chi connectivity index (χ3n) is 6.46. The van der Waals surface area contributed by atoms with Gasteiger partial charge in [0, 0.05) is 6.42 Å². The quantitative estimate of drug-likeness (QED) is 0.0391. The van der Waals surface area contributed by atoms with Crippen LogP contribution in [-0.4, -0.2) is 60.6 Å². The first-order valence-electron chi connectivity index (χ1n) is 17.7. The Morgan fingerprint density at radius 2 is 0.982 bits per heavy atom. The van der Waals surface area contributed by atoms with Gasteiger partial charge in [-0.1, -0.05) is 94.6 Å². The van der Waals surface area contributed by atoms with E-state index in [1.165, 1.54) is 21.6 Å². The fourth-order valence-corrected chi connectivity index (χ4v) is 6.73. The summed E-state index contributed by atoms with van der Waals surface area (Å²) in [5.41, 5.74) is -1.80. The summed E-state index contributed by atoms with van der Waals surface area (Å²) in [7, 11) is -3.13. The number of hydrogen-bond acceptors (Lipinski definition) is 9. The Morgan fingerprint density at radius 3 is 1.29 bits per heavy atom. The minimum atomic E-state index is -3.11. The Labute approximate surface area is 365 Å². The summed E-state index contributed by atoms with van der Waals surface area (Å²) < 4.78 is 75.5. The van der Waals surface area contributed by atoms with Crippen molar-refractivity contribution in [2.45, 2.75) is 112 Å². The van der Waals surface area contributed by atoms with E-state index in [1.54, 1.807) is 34.6 Å². The maximum atomic E-state index is 13.2. The molecule has 308 valence electrons. The van der Waals surface area contributed by atoms with Crippen molar-refractivity contribution in [3.63, 3.8) is 0 Å². The average molecular weight is 903 g/mol. The molecule has 2 unspecified atom stereocenters. The average Bonchev–Trinajstić information content (AvgIpc) is 3.14. The first-order chi connectivity index (χ1) is 26.0. The van der Waals surface area contributed by atoms with Crippen LogP contribution in [0.25, 0.3) is 0 Å². The molecule has 0 saturated heterocycles. The number of alkyl halides is 3. The van der Waals surface area contributed by atoms with Gasteiger partial charge in [-0.3, -0.25) is 4.79 Å². The molecule has 3 aromatic rings. The molecule has 0 fully saturated rings. The minimum absolute atomic E-state index is 0. The largest absolute Gasteiger partial charge is 1.00 e. The van der Waals surface area contributed by atoms with Gasteiger partial charge in [0.2, 0.25) is 5.67 Å². The zero-order valence-corrected chi connectivity index (χ0v) is 38.7. The van der Waals surface area contributed by atoms with E-state index in [0.717, 1.165) is 0 Å². The Kier molecular flexibility index (Phi) is 35.2. The van der Waals surface area contributed by atoms with Crippen LogP contribution in [0.1, 0.15) is 87.0 Å². The van der Waals surface area contributed by atoms with Gasteiger partial charge in [-0.2, -0.15) is 0 Å². The van der Waals surface area contributed by atoms with Gasteiger partial charge in [0.1, 0.15) is 0 Å². The van der Waals surface area contributed by atoms with Crippen molar-refractivity contribution in [2.24, 2.45) is 0 Å². The molecule has 3 aromatic carbocycles. The fourth-order valence-electron chi connectivity index (χ4n) is 4.11. The van der Waals surface area contributed by atoms with Crippen molar-refractivity contribution in [1.29, 1.82) is 0 Å². The van der Waals surface area contributed by atoms with Crippen molar-refractivity contribution >= 4 is 55.3 Å². The molecule has 0 aromatic heterocycles. The van der Waals surface area contributed by atoms with E-state index in [2.05, 4.69) is 121 Å². The van der Waals surface area contributed by atoms with Gasteiger partial charge in [-0.05, 0) is 86.4 Å². The zero-order valence-electron chi connectivity index (χ0n) is 33.5. The normalized spacial score (nSPS) is 11.8. The van der Waals surface area contributed by atoms with Crippen molar-refractivity contribution in [2.75, 3.05) is 19.8 Å². The van der Waals surface area contributed by atoms with E-state index in [0.29, 0.717) is 19.3 Å². The third kappa shape index (κ3) is 26.9. The van der Waals surface area contributed by atoms with E-state index in [1.807, 2.05) is 6.92 Å². The van der Waals surface area contributed by atoms with E-state index in [4.69, 9.17) is 12.6 Å². The second kappa shape index (κ2) is 34.2. The molecule has 0 aliphatic carbocycles. The molecule has 0 spiro atoms. The molecule has 56 heavy (non-hydrogen) atoms. The van der Waals surface area contributed by atoms with E-state index < -0.39 is 44.9 Å². The number of carbonyl (C=O) groups is 3. The van der Waals surface area contributed by atoms with Gasteiger partial charge in [0.05, 0.1) is 30.7 Å². The molecule has 0 aliphatic rings. The molecule has 0 saturated carbocycles. The number of carbonyl (C=O) groups excluding carboxylic acids is 3. The van der Waals surface area contributed by atoms with E-state index >= 15 is 0 Å². The van der Waals surface area contributed by atoms with Gasteiger partial charge in [0.15, 0.2) is 20.7 Å². The van der Waals surface area contributed by atoms with E-state index in [9.17, 15) is 27.6 Å². The molecule has 0 aliphatic heterocycles. The predicted octanol–water partition coefficient (Wildman–Crippen LogP) is 7.12. The van der Waals surface area contributed by atoms with Gasteiger partial charge >= 0.3 is 52.1 Å². The van der Waals surface area contributed by atoms with Crippen LogP contribution in [0.5, 0.6) is 0 Å². The molecule has 9 nitrogen and oxygen atoms in total. The van der Waals surface area contributed by atoms with Crippen LogP contribution in [0.15, 0.2) is 106 Å². The predicted molar refractivity (Wildman–Crippen MR) is 212 cm³/mol. The van der Waals surface area contributed by atoms with Gasteiger partial charge < -0.3 is 18.6 Å². The van der Waals surface area contributed by atoms with Crippen LogP contribution in [-0.2, 0) is 50.1 Å². The van der Waals surface area contributed by atoms with Crippen LogP contribution < -0.4 is 29.6 Å². The number of rotatable bonds is 15. The summed E-state index contributed by atoms with van der Waals surface area (Å²) in [5.74, 6) is -2.40. The molecule has 0 amide bonds. The second-order valence-corrected chi connectivity index (χ2v) is 14.9. The summed E-state index contributed by atoms with van der Waals surface area (Å²) in [4.78, 5) is 36.2.